The van der Waals surface area contributed by atoms with Crippen LogP contribution in [-0.4, -0.2) is 22.9 Å². The molecule has 5 nitrogen and oxygen atoms in total. The zero-order chi connectivity index (χ0) is 16.2. The van der Waals surface area contributed by atoms with Crippen molar-refractivity contribution in [2.75, 3.05) is 11.9 Å². The second kappa shape index (κ2) is 6.27. The van der Waals surface area contributed by atoms with Gasteiger partial charge in [0.15, 0.2) is 0 Å². The van der Waals surface area contributed by atoms with Crippen LogP contribution in [0.5, 0.6) is 0 Å². The van der Waals surface area contributed by atoms with Gasteiger partial charge in [-0.15, -0.1) is 0 Å². The van der Waals surface area contributed by atoms with Crippen LogP contribution in [-0.2, 0) is 0 Å². The Morgan fingerprint density at radius 3 is 2.35 bits per heavy atom. The van der Waals surface area contributed by atoms with Crippen molar-refractivity contribution in [2.45, 2.75) is 0 Å². The first-order valence-electron chi connectivity index (χ1n) is 7.13. The van der Waals surface area contributed by atoms with Crippen molar-refractivity contribution in [3.63, 3.8) is 0 Å². The lowest BCUT2D eigenvalue weighted by atomic mass is 10.1. The van der Waals surface area contributed by atoms with Crippen LogP contribution >= 0.6 is 0 Å². The van der Waals surface area contributed by atoms with E-state index in [1.54, 1.807) is 43.7 Å². The first kappa shape index (κ1) is 14.7. The lowest BCUT2D eigenvalue weighted by Crippen LogP contribution is -2.31. The molecule has 0 aliphatic rings. The highest BCUT2D eigenvalue weighted by molar-refractivity contribution is 6.05. The Balaban J connectivity index is 1.92. The number of aromatic amines is 1. The highest BCUT2D eigenvalue weighted by Crippen LogP contribution is 2.16. The number of para-hydroxylation sites is 1. The van der Waals surface area contributed by atoms with Gasteiger partial charge in [-0.25, -0.2) is 0 Å². The normalized spacial score (nSPS) is 10.3. The number of hydrogen-bond donors (Lipinski definition) is 1. The number of hydrogen-bond acceptors (Lipinski definition) is 3. The van der Waals surface area contributed by atoms with Crippen LogP contribution in [0.2, 0.25) is 0 Å². The molecular formula is C18H15N3O2. The standard InChI is InChI=1S/C18H15N3O2/c1-21(14-5-3-2-4-6-14)18(23)15-7-8-16(20-17(15)22)13-9-11-19-12-10-13/h2-12H,1H3,(H,20,22). The Morgan fingerprint density at radius 2 is 1.70 bits per heavy atom. The maximum Gasteiger partial charge on any atom is 0.263 e. The molecule has 0 aliphatic carbocycles. The molecule has 114 valence electrons. The van der Waals surface area contributed by atoms with Crippen molar-refractivity contribution in [3.05, 3.63) is 82.9 Å². The van der Waals surface area contributed by atoms with E-state index in [0.717, 1.165) is 11.3 Å². The van der Waals surface area contributed by atoms with Crippen molar-refractivity contribution in [1.82, 2.24) is 9.97 Å². The minimum absolute atomic E-state index is 0.106. The molecule has 0 spiro atoms. The first-order valence-corrected chi connectivity index (χ1v) is 7.13. The predicted octanol–water partition coefficient (Wildman–Crippen LogP) is 2.71. The molecule has 0 saturated carbocycles. The highest BCUT2D eigenvalue weighted by atomic mass is 16.2. The zero-order valence-electron chi connectivity index (χ0n) is 12.6. The third-order valence-corrected chi connectivity index (χ3v) is 3.58. The maximum atomic E-state index is 12.5. The molecule has 1 aromatic carbocycles. The van der Waals surface area contributed by atoms with Gasteiger partial charge in [-0.3, -0.25) is 14.6 Å². The van der Waals surface area contributed by atoms with Gasteiger partial charge < -0.3 is 9.88 Å². The van der Waals surface area contributed by atoms with Gasteiger partial charge in [0.1, 0.15) is 5.56 Å². The number of carbonyl (C=O) groups excluding carboxylic acids is 1. The molecule has 0 fully saturated rings. The fraction of sp³-hybridized carbons (Fsp3) is 0.0556. The summed E-state index contributed by atoms with van der Waals surface area (Å²) in [5.41, 5.74) is 1.92. The number of rotatable bonds is 3. The number of H-pyrrole nitrogens is 1. The van der Waals surface area contributed by atoms with Gasteiger partial charge in [0.2, 0.25) is 0 Å². The lowest BCUT2D eigenvalue weighted by molar-refractivity contribution is 0.0991. The van der Waals surface area contributed by atoms with E-state index in [2.05, 4.69) is 9.97 Å². The minimum Gasteiger partial charge on any atom is -0.321 e. The Kier molecular flexibility index (Phi) is 4.01. The van der Waals surface area contributed by atoms with E-state index in [0.29, 0.717) is 5.69 Å². The number of benzene rings is 1. The van der Waals surface area contributed by atoms with E-state index in [1.165, 1.54) is 4.90 Å². The summed E-state index contributed by atoms with van der Waals surface area (Å²) < 4.78 is 0. The molecule has 0 atom stereocenters. The number of carbonyl (C=O) groups is 1. The van der Waals surface area contributed by atoms with Crippen molar-refractivity contribution in [2.24, 2.45) is 0 Å². The minimum atomic E-state index is -0.410. The molecule has 2 heterocycles. The maximum absolute atomic E-state index is 12.5. The number of nitrogens with zero attached hydrogens (tertiary/aromatic N) is 2. The molecule has 1 amide bonds. The van der Waals surface area contributed by atoms with Gasteiger partial charge in [0.05, 0.1) is 0 Å². The average Bonchev–Trinajstić information content (AvgIpc) is 2.62. The SMILES string of the molecule is CN(C(=O)c1ccc(-c2ccncc2)[nH]c1=O)c1ccccc1. The van der Waals surface area contributed by atoms with E-state index < -0.39 is 5.56 Å². The molecule has 0 radical (unpaired) electrons. The Labute approximate surface area is 133 Å². The molecule has 0 saturated heterocycles. The number of amides is 1. The summed E-state index contributed by atoms with van der Waals surface area (Å²) in [6, 6.07) is 16.1. The second-order valence-electron chi connectivity index (χ2n) is 5.05. The van der Waals surface area contributed by atoms with Crippen LogP contribution in [0, 0.1) is 0 Å². The molecule has 3 rings (SSSR count). The Hall–Kier alpha value is -3.21. The van der Waals surface area contributed by atoms with Crippen LogP contribution in [0.15, 0.2) is 71.8 Å². The van der Waals surface area contributed by atoms with Gasteiger partial charge in [-0.05, 0) is 36.4 Å². The van der Waals surface area contributed by atoms with Gasteiger partial charge in [-0.2, -0.15) is 0 Å². The summed E-state index contributed by atoms with van der Waals surface area (Å²) in [6.45, 7) is 0. The average molecular weight is 305 g/mol. The summed E-state index contributed by atoms with van der Waals surface area (Å²) in [6.07, 6.45) is 3.30. The van der Waals surface area contributed by atoms with E-state index in [1.807, 2.05) is 30.3 Å². The Morgan fingerprint density at radius 1 is 1.00 bits per heavy atom. The molecular weight excluding hydrogens is 290 g/mol. The van der Waals surface area contributed by atoms with E-state index >= 15 is 0 Å². The quantitative estimate of drug-likeness (QED) is 0.809. The molecule has 0 bridgehead atoms. The smallest absolute Gasteiger partial charge is 0.263 e. The topological polar surface area (TPSA) is 66.1 Å². The van der Waals surface area contributed by atoms with Gasteiger partial charge in [0.25, 0.3) is 11.5 Å². The summed E-state index contributed by atoms with van der Waals surface area (Å²) in [7, 11) is 1.65. The molecule has 2 aromatic heterocycles. The molecule has 3 aromatic rings. The van der Waals surface area contributed by atoms with Crippen LogP contribution in [0.4, 0.5) is 5.69 Å². The monoisotopic (exact) mass is 305 g/mol. The number of anilines is 1. The van der Waals surface area contributed by atoms with E-state index in [9.17, 15) is 9.59 Å². The number of nitrogens with one attached hydrogen (secondary N) is 1. The third-order valence-electron chi connectivity index (χ3n) is 3.58. The van der Waals surface area contributed by atoms with Crippen LogP contribution in [0.1, 0.15) is 10.4 Å². The third kappa shape index (κ3) is 3.03. The highest BCUT2D eigenvalue weighted by Gasteiger charge is 2.17. The first-order chi connectivity index (χ1) is 11.2. The van der Waals surface area contributed by atoms with Gasteiger partial charge >= 0.3 is 0 Å². The van der Waals surface area contributed by atoms with E-state index in [-0.39, 0.29) is 11.5 Å². The molecule has 23 heavy (non-hydrogen) atoms. The summed E-state index contributed by atoms with van der Waals surface area (Å²) >= 11 is 0. The predicted molar refractivity (Wildman–Crippen MR) is 89.5 cm³/mol. The fourth-order valence-corrected chi connectivity index (χ4v) is 2.29. The molecule has 0 aliphatic heterocycles. The summed E-state index contributed by atoms with van der Waals surface area (Å²) in [5, 5.41) is 0. The summed E-state index contributed by atoms with van der Waals surface area (Å²) in [4.78, 5) is 32.9. The molecule has 0 unspecified atom stereocenters. The largest absolute Gasteiger partial charge is 0.321 e. The van der Waals surface area contributed by atoms with Crippen LogP contribution in [0.25, 0.3) is 11.3 Å². The van der Waals surface area contributed by atoms with Crippen molar-refractivity contribution in [1.29, 1.82) is 0 Å². The summed E-state index contributed by atoms with van der Waals surface area (Å²) in [5.74, 6) is -0.348. The fourth-order valence-electron chi connectivity index (χ4n) is 2.29. The van der Waals surface area contributed by atoms with Crippen molar-refractivity contribution >= 4 is 11.6 Å². The van der Waals surface area contributed by atoms with Gasteiger partial charge in [-0.1, -0.05) is 18.2 Å². The van der Waals surface area contributed by atoms with Crippen molar-refractivity contribution in [3.8, 4) is 11.3 Å². The second-order valence-corrected chi connectivity index (χ2v) is 5.05. The lowest BCUT2D eigenvalue weighted by Gasteiger charge is -2.16. The number of pyridine rings is 2. The Bertz CT molecular complexity index is 874. The number of aromatic nitrogens is 2. The molecule has 1 N–H and O–H groups in total. The van der Waals surface area contributed by atoms with Crippen LogP contribution in [0.3, 0.4) is 0 Å². The van der Waals surface area contributed by atoms with Gasteiger partial charge in [0, 0.05) is 36.4 Å². The zero-order valence-corrected chi connectivity index (χ0v) is 12.6. The molecule has 5 heteroatoms. The van der Waals surface area contributed by atoms with Crippen LogP contribution < -0.4 is 10.5 Å². The van der Waals surface area contributed by atoms with E-state index in [4.69, 9.17) is 0 Å². The van der Waals surface area contributed by atoms with Crippen molar-refractivity contribution < 1.29 is 4.79 Å².